The Morgan fingerprint density at radius 1 is 1.47 bits per heavy atom. The molecule has 0 aliphatic rings. The second-order valence-electron chi connectivity index (χ2n) is 4.16. The van der Waals surface area contributed by atoms with E-state index in [0.717, 1.165) is 17.8 Å². The van der Waals surface area contributed by atoms with Crippen molar-refractivity contribution in [2.75, 3.05) is 13.6 Å². The van der Waals surface area contributed by atoms with Crippen molar-refractivity contribution in [3.63, 3.8) is 0 Å². The van der Waals surface area contributed by atoms with Gasteiger partial charge in [-0.1, -0.05) is 13.0 Å². The molecule has 17 heavy (non-hydrogen) atoms. The van der Waals surface area contributed by atoms with Gasteiger partial charge >= 0.3 is 0 Å². The molecule has 0 saturated carbocycles. The Morgan fingerprint density at radius 3 is 3.00 bits per heavy atom. The molecule has 2 rings (SSSR count). The molecule has 0 aliphatic heterocycles. The lowest BCUT2D eigenvalue weighted by Crippen LogP contribution is -2.14. The van der Waals surface area contributed by atoms with Crippen molar-refractivity contribution in [1.29, 1.82) is 0 Å². The number of hydrogen-bond donors (Lipinski definition) is 1. The normalized spacial score (nSPS) is 12.6. The van der Waals surface area contributed by atoms with Crippen molar-refractivity contribution in [1.82, 2.24) is 15.1 Å². The molecular formula is C13H16FN3. The maximum atomic E-state index is 13.1. The third-order valence-corrected chi connectivity index (χ3v) is 2.75. The first-order valence-corrected chi connectivity index (χ1v) is 5.66. The molecule has 1 aromatic carbocycles. The summed E-state index contributed by atoms with van der Waals surface area (Å²) in [5.41, 5.74) is 1.89. The summed E-state index contributed by atoms with van der Waals surface area (Å²) in [5, 5.41) is 7.38. The van der Waals surface area contributed by atoms with Crippen LogP contribution in [0.1, 0.15) is 18.4 Å². The molecular weight excluding hydrogens is 217 g/mol. The lowest BCUT2D eigenvalue weighted by molar-refractivity contribution is 0.625. The highest BCUT2D eigenvalue weighted by Gasteiger charge is 2.08. The topological polar surface area (TPSA) is 29.9 Å². The zero-order valence-electron chi connectivity index (χ0n) is 10.0. The second kappa shape index (κ2) is 5.10. The van der Waals surface area contributed by atoms with Gasteiger partial charge in [-0.25, -0.2) is 9.07 Å². The monoisotopic (exact) mass is 233 g/mol. The molecule has 1 aromatic heterocycles. The van der Waals surface area contributed by atoms with Gasteiger partial charge in [-0.3, -0.25) is 0 Å². The van der Waals surface area contributed by atoms with Crippen molar-refractivity contribution in [3.8, 4) is 5.69 Å². The Bertz CT molecular complexity index is 493. The largest absolute Gasteiger partial charge is 0.319 e. The van der Waals surface area contributed by atoms with Crippen LogP contribution in [0.5, 0.6) is 0 Å². The first-order valence-electron chi connectivity index (χ1n) is 5.66. The van der Waals surface area contributed by atoms with Gasteiger partial charge in [0.15, 0.2) is 0 Å². The number of benzene rings is 1. The van der Waals surface area contributed by atoms with Crippen molar-refractivity contribution in [2.24, 2.45) is 0 Å². The number of likely N-dealkylation sites (N-methyl/N-ethyl adjacent to an activating group) is 1. The summed E-state index contributed by atoms with van der Waals surface area (Å²) in [6.07, 6.45) is 3.77. The van der Waals surface area contributed by atoms with E-state index in [-0.39, 0.29) is 5.82 Å². The molecule has 2 aromatic rings. The lowest BCUT2D eigenvalue weighted by Gasteiger charge is -2.07. The molecule has 90 valence electrons. The Labute approximate surface area is 100 Å². The lowest BCUT2D eigenvalue weighted by atomic mass is 10.1. The fourth-order valence-electron chi connectivity index (χ4n) is 1.78. The predicted molar refractivity (Wildman–Crippen MR) is 65.9 cm³/mol. The van der Waals surface area contributed by atoms with Crippen LogP contribution >= 0.6 is 0 Å². The maximum Gasteiger partial charge on any atom is 0.125 e. The van der Waals surface area contributed by atoms with Crippen molar-refractivity contribution >= 4 is 0 Å². The molecule has 0 aliphatic carbocycles. The summed E-state index contributed by atoms with van der Waals surface area (Å²) < 4.78 is 14.8. The van der Waals surface area contributed by atoms with Crippen LogP contribution in [0.15, 0.2) is 36.7 Å². The van der Waals surface area contributed by atoms with Crippen LogP contribution in [0.2, 0.25) is 0 Å². The van der Waals surface area contributed by atoms with E-state index in [1.165, 1.54) is 12.1 Å². The average Bonchev–Trinajstić information content (AvgIpc) is 2.78. The molecule has 1 unspecified atom stereocenters. The molecule has 4 heteroatoms. The molecule has 0 fully saturated rings. The molecule has 0 bridgehead atoms. The van der Waals surface area contributed by atoms with Gasteiger partial charge in [-0.15, -0.1) is 0 Å². The highest BCUT2D eigenvalue weighted by atomic mass is 19.1. The van der Waals surface area contributed by atoms with Crippen molar-refractivity contribution < 1.29 is 4.39 Å². The molecule has 0 spiro atoms. The fraction of sp³-hybridized carbons (Fsp3) is 0.308. The van der Waals surface area contributed by atoms with E-state index in [9.17, 15) is 4.39 Å². The van der Waals surface area contributed by atoms with E-state index in [4.69, 9.17) is 0 Å². The van der Waals surface area contributed by atoms with E-state index >= 15 is 0 Å². The predicted octanol–water partition coefficient (Wildman–Crippen LogP) is 2.33. The first kappa shape index (κ1) is 11.8. The molecule has 1 atom stereocenters. The Balaban J connectivity index is 2.23. The van der Waals surface area contributed by atoms with Gasteiger partial charge in [0.1, 0.15) is 5.82 Å². The van der Waals surface area contributed by atoms with Crippen LogP contribution in [0, 0.1) is 5.82 Å². The van der Waals surface area contributed by atoms with Crippen LogP contribution < -0.4 is 5.32 Å². The number of hydrogen-bond acceptors (Lipinski definition) is 2. The van der Waals surface area contributed by atoms with E-state index in [1.807, 2.05) is 25.5 Å². The number of rotatable bonds is 4. The van der Waals surface area contributed by atoms with Gasteiger partial charge < -0.3 is 5.32 Å². The molecule has 1 heterocycles. The van der Waals surface area contributed by atoms with Crippen LogP contribution in [0.25, 0.3) is 5.69 Å². The second-order valence-corrected chi connectivity index (χ2v) is 4.16. The van der Waals surface area contributed by atoms with E-state index < -0.39 is 0 Å². The minimum atomic E-state index is -0.247. The van der Waals surface area contributed by atoms with Gasteiger partial charge in [-0.05, 0) is 36.7 Å². The molecule has 0 radical (unpaired) electrons. The number of nitrogens with one attached hydrogen (secondary N) is 1. The highest BCUT2D eigenvalue weighted by molar-refractivity contribution is 5.32. The summed E-state index contributed by atoms with van der Waals surface area (Å²) in [6, 6.07) is 6.42. The molecule has 3 nitrogen and oxygen atoms in total. The number of aromatic nitrogens is 2. The Morgan fingerprint density at radius 2 is 2.29 bits per heavy atom. The van der Waals surface area contributed by atoms with E-state index in [1.54, 1.807) is 10.7 Å². The Hall–Kier alpha value is -1.68. The SMILES string of the molecule is CNCC(C)c1cnn(-c2cccc(F)c2)c1. The minimum Gasteiger partial charge on any atom is -0.319 e. The van der Waals surface area contributed by atoms with Gasteiger partial charge in [0.25, 0.3) is 0 Å². The van der Waals surface area contributed by atoms with E-state index in [2.05, 4.69) is 17.3 Å². The smallest absolute Gasteiger partial charge is 0.125 e. The summed E-state index contributed by atoms with van der Waals surface area (Å²) in [4.78, 5) is 0. The Kier molecular flexibility index (Phi) is 3.54. The van der Waals surface area contributed by atoms with Gasteiger partial charge in [0.2, 0.25) is 0 Å². The number of nitrogens with zero attached hydrogens (tertiary/aromatic N) is 2. The van der Waals surface area contributed by atoms with Crippen molar-refractivity contribution in [2.45, 2.75) is 12.8 Å². The summed E-state index contributed by atoms with van der Waals surface area (Å²) in [5.74, 6) is 0.144. The standard InChI is InChI=1S/C13H16FN3/c1-10(7-15-2)11-8-16-17(9-11)13-5-3-4-12(14)6-13/h3-6,8-10,15H,7H2,1-2H3. The summed E-state index contributed by atoms with van der Waals surface area (Å²) in [6.45, 7) is 3.03. The molecule has 1 N–H and O–H groups in total. The summed E-state index contributed by atoms with van der Waals surface area (Å²) in [7, 11) is 1.92. The van der Waals surface area contributed by atoms with Gasteiger partial charge in [0.05, 0.1) is 11.9 Å². The molecule has 0 amide bonds. The van der Waals surface area contributed by atoms with Gasteiger partial charge in [-0.2, -0.15) is 5.10 Å². The molecule has 0 saturated heterocycles. The minimum absolute atomic E-state index is 0.247. The maximum absolute atomic E-state index is 13.1. The summed E-state index contributed by atoms with van der Waals surface area (Å²) >= 11 is 0. The third kappa shape index (κ3) is 2.71. The fourth-order valence-corrected chi connectivity index (χ4v) is 1.78. The van der Waals surface area contributed by atoms with Crippen molar-refractivity contribution in [3.05, 3.63) is 48.0 Å². The highest BCUT2D eigenvalue weighted by Crippen LogP contribution is 2.16. The first-order chi connectivity index (χ1) is 8.20. The number of halogens is 1. The van der Waals surface area contributed by atoms with E-state index in [0.29, 0.717) is 5.92 Å². The van der Waals surface area contributed by atoms with Crippen LogP contribution in [0.3, 0.4) is 0 Å². The third-order valence-electron chi connectivity index (χ3n) is 2.75. The average molecular weight is 233 g/mol. The quantitative estimate of drug-likeness (QED) is 0.878. The van der Waals surface area contributed by atoms with Crippen LogP contribution in [-0.4, -0.2) is 23.4 Å². The van der Waals surface area contributed by atoms with Gasteiger partial charge in [0, 0.05) is 12.7 Å². The zero-order chi connectivity index (χ0) is 12.3. The zero-order valence-corrected chi connectivity index (χ0v) is 10.0. The van der Waals surface area contributed by atoms with Crippen LogP contribution in [0.4, 0.5) is 4.39 Å². The van der Waals surface area contributed by atoms with Crippen LogP contribution in [-0.2, 0) is 0 Å².